The zero-order valence-corrected chi connectivity index (χ0v) is 15.7. The second-order valence-corrected chi connectivity index (χ2v) is 10.4. The summed E-state index contributed by atoms with van der Waals surface area (Å²) in [7, 11) is -3.47. The van der Waals surface area contributed by atoms with Crippen molar-refractivity contribution in [2.24, 2.45) is 0 Å². The summed E-state index contributed by atoms with van der Waals surface area (Å²) in [6.07, 6.45) is 0. The average molecular weight is 415 g/mol. The second-order valence-electron chi connectivity index (χ2n) is 4.11. The number of sulfonamides is 1. The molecule has 0 bridgehead atoms. The minimum absolute atomic E-state index is 0.350. The van der Waals surface area contributed by atoms with Crippen molar-refractivity contribution in [1.82, 2.24) is 4.31 Å². The maximum Gasteiger partial charge on any atom is 0.244 e. The summed E-state index contributed by atoms with van der Waals surface area (Å²) in [6, 6.07) is 5.31. The average Bonchev–Trinajstić information content (AvgIpc) is 2.92. The Bertz CT molecular complexity index is 708. The zero-order valence-electron chi connectivity index (χ0n) is 10.9. The molecule has 0 radical (unpaired) electrons. The van der Waals surface area contributed by atoms with E-state index in [0.29, 0.717) is 22.3 Å². The van der Waals surface area contributed by atoms with Gasteiger partial charge in [0, 0.05) is 22.8 Å². The number of halogens is 2. The summed E-state index contributed by atoms with van der Waals surface area (Å²) < 4.78 is 28.3. The molecule has 0 amide bonds. The summed E-state index contributed by atoms with van der Waals surface area (Å²) >= 11 is 12.1. The third-order valence-electron chi connectivity index (χ3n) is 2.77. The Morgan fingerprint density at radius 3 is 2.50 bits per heavy atom. The molecule has 0 aromatic carbocycles. The van der Waals surface area contributed by atoms with Gasteiger partial charge < -0.3 is 0 Å². The molecule has 0 saturated heterocycles. The minimum Gasteiger partial charge on any atom is -0.207 e. The molecular weight excluding hydrogens is 402 g/mol. The lowest BCUT2D eigenvalue weighted by atomic mass is 10.4. The molecule has 0 unspecified atom stereocenters. The molecule has 110 valence electrons. The van der Waals surface area contributed by atoms with Gasteiger partial charge in [-0.1, -0.05) is 18.5 Å². The Labute approximate surface area is 140 Å². The molecule has 2 aromatic heterocycles. The van der Waals surface area contributed by atoms with Crippen LogP contribution in [-0.2, 0) is 16.6 Å². The fourth-order valence-corrected chi connectivity index (χ4v) is 6.80. The molecule has 20 heavy (non-hydrogen) atoms. The van der Waals surface area contributed by atoms with E-state index >= 15 is 0 Å². The minimum atomic E-state index is -3.47. The van der Waals surface area contributed by atoms with Crippen LogP contribution in [-0.4, -0.2) is 19.3 Å². The first kappa shape index (κ1) is 16.5. The SMILES string of the molecule is CCN(Cc1ccc(Cl)s1)S(=O)(=O)c1cc(Br)sc1C. The van der Waals surface area contributed by atoms with Crippen molar-refractivity contribution in [1.29, 1.82) is 0 Å². The van der Waals surface area contributed by atoms with E-state index in [0.717, 1.165) is 13.5 Å². The van der Waals surface area contributed by atoms with E-state index in [1.54, 1.807) is 12.1 Å². The molecule has 0 N–H and O–H groups in total. The van der Waals surface area contributed by atoms with Crippen LogP contribution in [0, 0.1) is 6.92 Å². The molecule has 0 aliphatic carbocycles. The lowest BCUT2D eigenvalue weighted by Crippen LogP contribution is -2.30. The number of thiophene rings is 2. The van der Waals surface area contributed by atoms with Crippen LogP contribution in [0.2, 0.25) is 4.34 Å². The van der Waals surface area contributed by atoms with Gasteiger partial charge in [-0.15, -0.1) is 22.7 Å². The molecule has 0 saturated carbocycles. The number of rotatable bonds is 5. The van der Waals surface area contributed by atoms with Gasteiger partial charge in [0.2, 0.25) is 10.0 Å². The van der Waals surface area contributed by atoms with Gasteiger partial charge in [0.05, 0.1) is 13.0 Å². The third kappa shape index (κ3) is 3.45. The molecule has 2 aromatic rings. The lowest BCUT2D eigenvalue weighted by molar-refractivity contribution is 0.426. The normalized spacial score (nSPS) is 12.2. The third-order valence-corrected chi connectivity index (χ3v) is 7.72. The molecule has 2 rings (SSSR count). The predicted molar refractivity (Wildman–Crippen MR) is 89.4 cm³/mol. The van der Waals surface area contributed by atoms with Crippen LogP contribution in [0.1, 0.15) is 16.7 Å². The van der Waals surface area contributed by atoms with Gasteiger partial charge in [-0.2, -0.15) is 4.31 Å². The topological polar surface area (TPSA) is 37.4 Å². The van der Waals surface area contributed by atoms with Gasteiger partial charge in [0.1, 0.15) is 0 Å². The van der Waals surface area contributed by atoms with E-state index in [1.165, 1.54) is 27.0 Å². The van der Waals surface area contributed by atoms with Crippen molar-refractivity contribution in [2.75, 3.05) is 6.54 Å². The Morgan fingerprint density at radius 2 is 2.05 bits per heavy atom. The second kappa shape index (κ2) is 6.46. The summed E-state index contributed by atoms with van der Waals surface area (Å²) in [5, 5.41) is 0. The van der Waals surface area contributed by atoms with Gasteiger partial charge in [-0.25, -0.2) is 8.42 Å². The fourth-order valence-electron chi connectivity index (χ4n) is 1.80. The van der Waals surface area contributed by atoms with Crippen molar-refractivity contribution in [3.63, 3.8) is 0 Å². The maximum absolute atomic E-state index is 12.7. The van der Waals surface area contributed by atoms with Crippen molar-refractivity contribution < 1.29 is 8.42 Å². The highest BCUT2D eigenvalue weighted by Crippen LogP contribution is 2.32. The van der Waals surface area contributed by atoms with E-state index in [9.17, 15) is 8.42 Å². The van der Waals surface area contributed by atoms with Gasteiger partial charge >= 0.3 is 0 Å². The molecular formula is C12H13BrClNO2S3. The first-order valence-corrected chi connectivity index (χ1v) is 10.1. The van der Waals surface area contributed by atoms with E-state index < -0.39 is 10.0 Å². The van der Waals surface area contributed by atoms with Crippen molar-refractivity contribution in [2.45, 2.75) is 25.3 Å². The maximum atomic E-state index is 12.7. The molecule has 2 heterocycles. The molecule has 0 aliphatic heterocycles. The Kier molecular flexibility index (Phi) is 5.31. The van der Waals surface area contributed by atoms with Crippen LogP contribution in [0.15, 0.2) is 26.9 Å². The highest BCUT2D eigenvalue weighted by Gasteiger charge is 2.27. The highest BCUT2D eigenvalue weighted by atomic mass is 79.9. The molecule has 0 spiro atoms. The van der Waals surface area contributed by atoms with Crippen molar-refractivity contribution >= 4 is 60.2 Å². The van der Waals surface area contributed by atoms with Crippen molar-refractivity contribution in [3.05, 3.63) is 36.1 Å². The first-order valence-electron chi connectivity index (χ1n) is 5.85. The monoisotopic (exact) mass is 413 g/mol. The highest BCUT2D eigenvalue weighted by molar-refractivity contribution is 9.11. The molecule has 8 heteroatoms. The Morgan fingerprint density at radius 1 is 1.35 bits per heavy atom. The Hall–Kier alpha value is 0.0800. The number of hydrogen-bond donors (Lipinski definition) is 0. The smallest absolute Gasteiger partial charge is 0.207 e. The van der Waals surface area contributed by atoms with E-state index in [-0.39, 0.29) is 0 Å². The fraction of sp³-hybridized carbons (Fsp3) is 0.333. The first-order chi connectivity index (χ1) is 9.34. The lowest BCUT2D eigenvalue weighted by Gasteiger charge is -2.19. The van der Waals surface area contributed by atoms with Crippen LogP contribution >= 0.6 is 50.2 Å². The largest absolute Gasteiger partial charge is 0.244 e. The zero-order chi connectivity index (χ0) is 14.9. The summed E-state index contributed by atoms with van der Waals surface area (Å²) in [5.41, 5.74) is 0. The van der Waals surface area contributed by atoms with Crippen LogP contribution in [0.4, 0.5) is 0 Å². The number of aryl methyl sites for hydroxylation is 1. The van der Waals surface area contributed by atoms with Gasteiger partial charge in [0.25, 0.3) is 0 Å². The predicted octanol–water partition coefficient (Wildman–Crippen LogP) is 4.74. The van der Waals surface area contributed by atoms with Crippen LogP contribution in [0.5, 0.6) is 0 Å². The molecule has 3 nitrogen and oxygen atoms in total. The standard InChI is InChI=1S/C12H13BrClNO2S3/c1-3-15(7-9-4-5-12(14)19-9)20(16,17)10-6-11(13)18-8(10)2/h4-6H,3,7H2,1-2H3. The summed E-state index contributed by atoms with van der Waals surface area (Å²) in [4.78, 5) is 2.10. The van der Waals surface area contributed by atoms with Gasteiger partial charge in [-0.05, 0) is 41.1 Å². The van der Waals surface area contributed by atoms with Crippen LogP contribution in [0.3, 0.4) is 0 Å². The summed E-state index contributed by atoms with van der Waals surface area (Å²) in [5.74, 6) is 0. The van der Waals surface area contributed by atoms with Crippen LogP contribution in [0.25, 0.3) is 0 Å². The summed E-state index contributed by atoms with van der Waals surface area (Å²) in [6.45, 7) is 4.43. The van der Waals surface area contributed by atoms with Crippen molar-refractivity contribution in [3.8, 4) is 0 Å². The number of nitrogens with zero attached hydrogens (tertiary/aromatic N) is 1. The van der Waals surface area contributed by atoms with Gasteiger partial charge in [-0.3, -0.25) is 0 Å². The Balaban J connectivity index is 2.32. The van der Waals surface area contributed by atoms with Crippen LogP contribution < -0.4 is 0 Å². The molecule has 0 fully saturated rings. The van der Waals surface area contributed by atoms with E-state index in [2.05, 4.69) is 15.9 Å². The van der Waals surface area contributed by atoms with E-state index in [4.69, 9.17) is 11.6 Å². The van der Waals surface area contributed by atoms with E-state index in [1.807, 2.05) is 19.9 Å². The molecule has 0 aliphatic rings. The quantitative estimate of drug-likeness (QED) is 0.708. The molecule has 0 atom stereocenters. The number of hydrogen-bond acceptors (Lipinski definition) is 4. The van der Waals surface area contributed by atoms with Gasteiger partial charge in [0.15, 0.2) is 0 Å².